The number of amides is 1. The zero-order valence-corrected chi connectivity index (χ0v) is 11.1. The summed E-state index contributed by atoms with van der Waals surface area (Å²) in [5.41, 5.74) is 1.46. The Morgan fingerprint density at radius 3 is 2.45 bits per heavy atom. The van der Waals surface area contributed by atoms with Crippen LogP contribution in [-0.4, -0.2) is 18.5 Å². The van der Waals surface area contributed by atoms with E-state index < -0.39 is 0 Å². The van der Waals surface area contributed by atoms with Crippen LogP contribution in [0.25, 0.3) is 0 Å². The van der Waals surface area contributed by atoms with E-state index in [9.17, 15) is 4.79 Å². The summed E-state index contributed by atoms with van der Waals surface area (Å²) >= 11 is 0. The number of para-hydroxylation sites is 1. The van der Waals surface area contributed by atoms with Crippen molar-refractivity contribution in [1.82, 2.24) is 5.32 Å². The SMILES string of the molecule is N#Cc1cccc(C#N)c1NCCCC(=O)NC1CC1. The molecule has 0 atom stereocenters. The number of carbonyl (C=O) groups is 1. The lowest BCUT2D eigenvalue weighted by Crippen LogP contribution is -2.25. The summed E-state index contributed by atoms with van der Waals surface area (Å²) in [4.78, 5) is 11.5. The number of nitrogens with zero attached hydrogens (tertiary/aromatic N) is 2. The zero-order chi connectivity index (χ0) is 14.4. The molecule has 5 heteroatoms. The van der Waals surface area contributed by atoms with Crippen LogP contribution in [0.4, 0.5) is 5.69 Å². The fourth-order valence-electron chi connectivity index (χ4n) is 1.92. The third kappa shape index (κ3) is 3.73. The molecule has 102 valence electrons. The Morgan fingerprint density at radius 2 is 1.90 bits per heavy atom. The van der Waals surface area contributed by atoms with Crippen molar-refractivity contribution in [3.63, 3.8) is 0 Å². The highest BCUT2D eigenvalue weighted by Gasteiger charge is 2.22. The maximum absolute atomic E-state index is 11.5. The topological polar surface area (TPSA) is 88.7 Å². The van der Waals surface area contributed by atoms with Crippen LogP contribution < -0.4 is 10.6 Å². The van der Waals surface area contributed by atoms with Crippen LogP contribution >= 0.6 is 0 Å². The molecule has 0 aliphatic heterocycles. The normalized spacial score (nSPS) is 13.1. The number of hydrogen-bond donors (Lipinski definition) is 2. The summed E-state index contributed by atoms with van der Waals surface area (Å²) in [5, 5.41) is 24.1. The molecule has 1 aromatic carbocycles. The van der Waals surface area contributed by atoms with Crippen molar-refractivity contribution in [2.75, 3.05) is 11.9 Å². The number of hydrogen-bond acceptors (Lipinski definition) is 4. The van der Waals surface area contributed by atoms with E-state index in [-0.39, 0.29) is 5.91 Å². The molecule has 0 radical (unpaired) electrons. The van der Waals surface area contributed by atoms with Gasteiger partial charge in [-0.05, 0) is 31.4 Å². The van der Waals surface area contributed by atoms with Crippen LogP contribution in [0.5, 0.6) is 0 Å². The number of anilines is 1. The molecule has 0 aromatic heterocycles. The minimum Gasteiger partial charge on any atom is -0.383 e. The number of carbonyl (C=O) groups excluding carboxylic acids is 1. The summed E-state index contributed by atoms with van der Waals surface area (Å²) in [6, 6.07) is 9.54. The quantitative estimate of drug-likeness (QED) is 0.771. The summed E-state index contributed by atoms with van der Waals surface area (Å²) < 4.78 is 0. The molecule has 0 spiro atoms. The van der Waals surface area contributed by atoms with Gasteiger partial charge >= 0.3 is 0 Å². The maximum Gasteiger partial charge on any atom is 0.220 e. The van der Waals surface area contributed by atoms with E-state index in [1.165, 1.54) is 0 Å². The molecule has 1 aliphatic rings. The van der Waals surface area contributed by atoms with Crippen LogP contribution in [-0.2, 0) is 4.79 Å². The van der Waals surface area contributed by atoms with Crippen LogP contribution in [0.3, 0.4) is 0 Å². The molecule has 0 unspecified atom stereocenters. The van der Waals surface area contributed by atoms with Gasteiger partial charge in [0.2, 0.25) is 5.91 Å². The standard InChI is InChI=1S/C15H16N4O/c16-9-11-3-1-4-12(10-17)15(11)18-8-2-5-14(20)19-13-6-7-13/h1,3-4,13,18H,2,5-8H2,(H,19,20). The Hall–Kier alpha value is -2.53. The second-order valence-corrected chi connectivity index (χ2v) is 4.82. The number of rotatable bonds is 6. The minimum absolute atomic E-state index is 0.0726. The van der Waals surface area contributed by atoms with Crippen molar-refractivity contribution >= 4 is 11.6 Å². The molecular formula is C15H16N4O. The first kappa shape index (κ1) is 13.9. The highest BCUT2D eigenvalue weighted by molar-refractivity contribution is 5.76. The molecule has 1 aromatic rings. The molecule has 0 saturated heterocycles. The summed E-state index contributed by atoms with van der Waals surface area (Å²) in [7, 11) is 0. The predicted octanol–water partition coefficient (Wildman–Crippen LogP) is 1.90. The van der Waals surface area contributed by atoms with E-state index in [1.54, 1.807) is 18.2 Å². The molecule has 1 fully saturated rings. The van der Waals surface area contributed by atoms with Crippen LogP contribution in [0, 0.1) is 22.7 Å². The Bertz CT molecular complexity index is 546. The fourth-order valence-corrected chi connectivity index (χ4v) is 1.92. The molecular weight excluding hydrogens is 252 g/mol. The number of nitrogens with one attached hydrogen (secondary N) is 2. The van der Waals surface area contributed by atoms with Gasteiger partial charge in [0, 0.05) is 19.0 Å². The predicted molar refractivity (Wildman–Crippen MR) is 74.8 cm³/mol. The monoisotopic (exact) mass is 268 g/mol. The average molecular weight is 268 g/mol. The molecule has 2 N–H and O–H groups in total. The van der Waals surface area contributed by atoms with Gasteiger partial charge in [-0.2, -0.15) is 10.5 Å². The second kappa shape index (κ2) is 6.58. The van der Waals surface area contributed by atoms with Crippen molar-refractivity contribution in [3.05, 3.63) is 29.3 Å². The first-order chi connectivity index (χ1) is 9.74. The van der Waals surface area contributed by atoms with Gasteiger partial charge in [0.1, 0.15) is 12.1 Å². The van der Waals surface area contributed by atoms with E-state index in [2.05, 4.69) is 22.8 Å². The largest absolute Gasteiger partial charge is 0.383 e. The summed E-state index contributed by atoms with van der Waals surface area (Å²) in [5.74, 6) is 0.0726. The van der Waals surface area contributed by atoms with Crippen molar-refractivity contribution in [3.8, 4) is 12.1 Å². The third-order valence-corrected chi connectivity index (χ3v) is 3.13. The van der Waals surface area contributed by atoms with E-state index in [1.807, 2.05) is 0 Å². The lowest BCUT2D eigenvalue weighted by atomic mass is 10.1. The Balaban J connectivity index is 1.83. The van der Waals surface area contributed by atoms with Crippen LogP contribution in [0.1, 0.15) is 36.8 Å². The summed E-state index contributed by atoms with van der Waals surface area (Å²) in [6.45, 7) is 0.561. The molecule has 20 heavy (non-hydrogen) atoms. The third-order valence-electron chi connectivity index (χ3n) is 3.13. The van der Waals surface area contributed by atoms with Crippen LogP contribution in [0.15, 0.2) is 18.2 Å². The van der Waals surface area contributed by atoms with Gasteiger partial charge in [0.15, 0.2) is 0 Å². The highest BCUT2D eigenvalue weighted by atomic mass is 16.1. The minimum atomic E-state index is 0.0726. The van der Waals surface area contributed by atoms with Gasteiger partial charge < -0.3 is 10.6 Å². The fraction of sp³-hybridized carbons (Fsp3) is 0.400. The zero-order valence-electron chi connectivity index (χ0n) is 11.1. The second-order valence-electron chi connectivity index (χ2n) is 4.82. The molecule has 5 nitrogen and oxygen atoms in total. The van der Waals surface area contributed by atoms with E-state index in [0.29, 0.717) is 42.2 Å². The molecule has 2 rings (SSSR count). The van der Waals surface area contributed by atoms with Gasteiger partial charge in [-0.15, -0.1) is 0 Å². The number of benzene rings is 1. The van der Waals surface area contributed by atoms with E-state index in [0.717, 1.165) is 12.8 Å². The average Bonchev–Trinajstić information content (AvgIpc) is 3.27. The molecule has 1 aliphatic carbocycles. The lowest BCUT2D eigenvalue weighted by Gasteiger charge is -2.09. The van der Waals surface area contributed by atoms with Crippen molar-refractivity contribution in [1.29, 1.82) is 10.5 Å². The lowest BCUT2D eigenvalue weighted by molar-refractivity contribution is -0.121. The smallest absolute Gasteiger partial charge is 0.220 e. The van der Waals surface area contributed by atoms with Gasteiger partial charge in [-0.1, -0.05) is 6.07 Å². The van der Waals surface area contributed by atoms with Crippen molar-refractivity contribution in [2.24, 2.45) is 0 Å². The Morgan fingerprint density at radius 1 is 1.25 bits per heavy atom. The Kier molecular flexibility index (Phi) is 4.57. The van der Waals surface area contributed by atoms with Crippen molar-refractivity contribution < 1.29 is 4.79 Å². The van der Waals surface area contributed by atoms with Crippen molar-refractivity contribution in [2.45, 2.75) is 31.7 Å². The Labute approximate surface area is 118 Å². The van der Waals surface area contributed by atoms with E-state index >= 15 is 0 Å². The highest BCUT2D eigenvalue weighted by Crippen LogP contribution is 2.20. The van der Waals surface area contributed by atoms with Gasteiger partial charge in [-0.25, -0.2) is 0 Å². The maximum atomic E-state index is 11.5. The molecule has 0 heterocycles. The van der Waals surface area contributed by atoms with E-state index in [4.69, 9.17) is 10.5 Å². The first-order valence-corrected chi connectivity index (χ1v) is 6.71. The number of nitriles is 2. The molecule has 1 amide bonds. The van der Waals surface area contributed by atoms with Gasteiger partial charge in [0.05, 0.1) is 16.8 Å². The molecule has 0 bridgehead atoms. The van der Waals surface area contributed by atoms with Gasteiger partial charge in [0.25, 0.3) is 0 Å². The first-order valence-electron chi connectivity index (χ1n) is 6.71. The summed E-state index contributed by atoms with van der Waals surface area (Å²) in [6.07, 6.45) is 3.30. The van der Waals surface area contributed by atoms with Gasteiger partial charge in [-0.3, -0.25) is 4.79 Å². The molecule has 1 saturated carbocycles. The van der Waals surface area contributed by atoms with Crippen LogP contribution in [0.2, 0.25) is 0 Å².